The van der Waals surface area contributed by atoms with Gasteiger partial charge in [0.25, 0.3) is 0 Å². The zero-order chi connectivity index (χ0) is 11.1. The van der Waals surface area contributed by atoms with Gasteiger partial charge in [-0.15, -0.1) is 0 Å². The maximum Gasteiger partial charge on any atom is 0.309 e. The van der Waals surface area contributed by atoms with Crippen molar-refractivity contribution in [2.24, 2.45) is 5.41 Å². The molecule has 0 bridgehead atoms. The first kappa shape index (κ1) is 10.6. The Balaban J connectivity index is 2.21. The van der Waals surface area contributed by atoms with E-state index in [4.69, 9.17) is 5.11 Å². The largest absolute Gasteiger partial charge is 0.481 e. The number of aliphatic carboxylic acids is 1. The molecule has 0 heterocycles. The predicted molar refractivity (Wildman–Crippen MR) is 57.1 cm³/mol. The normalized spacial score (nSPS) is 17.5. The van der Waals surface area contributed by atoms with Crippen molar-refractivity contribution in [2.45, 2.75) is 19.3 Å². The summed E-state index contributed by atoms with van der Waals surface area (Å²) < 4.78 is 14.1. The monoisotopic (exact) mass is 272 g/mol. The lowest BCUT2D eigenvalue weighted by atomic mass is 9.96. The topological polar surface area (TPSA) is 37.3 Å². The molecular weight excluding hydrogens is 263 g/mol. The minimum Gasteiger partial charge on any atom is -0.481 e. The van der Waals surface area contributed by atoms with Crippen LogP contribution in [0.25, 0.3) is 0 Å². The molecule has 15 heavy (non-hydrogen) atoms. The third-order valence-electron chi connectivity index (χ3n) is 2.85. The maximum atomic E-state index is 13.4. The molecular formula is C11H10BrFO2. The van der Waals surface area contributed by atoms with Gasteiger partial charge in [-0.25, -0.2) is 4.39 Å². The van der Waals surface area contributed by atoms with E-state index in [0.717, 1.165) is 0 Å². The number of halogens is 2. The number of carboxylic acids is 1. The number of carbonyl (C=O) groups is 1. The Kier molecular flexibility index (Phi) is 2.54. The second-order valence-electron chi connectivity index (χ2n) is 4.00. The molecule has 0 unspecified atom stereocenters. The number of carboxylic acid groups (broad SMARTS) is 1. The fourth-order valence-corrected chi connectivity index (χ4v) is 1.98. The van der Waals surface area contributed by atoms with Crippen molar-refractivity contribution in [3.05, 3.63) is 34.1 Å². The first-order valence-corrected chi connectivity index (χ1v) is 5.50. The molecule has 0 saturated heterocycles. The highest BCUT2D eigenvalue weighted by atomic mass is 79.9. The van der Waals surface area contributed by atoms with E-state index < -0.39 is 11.4 Å². The molecule has 4 heteroatoms. The Morgan fingerprint density at radius 2 is 2.20 bits per heavy atom. The summed E-state index contributed by atoms with van der Waals surface area (Å²) in [6.07, 6.45) is 1.59. The summed E-state index contributed by atoms with van der Waals surface area (Å²) in [5.74, 6) is -1.15. The fraction of sp³-hybridized carbons (Fsp3) is 0.364. The van der Waals surface area contributed by atoms with Gasteiger partial charge in [0.15, 0.2) is 0 Å². The summed E-state index contributed by atoms with van der Waals surface area (Å²) in [6, 6.07) is 4.74. The first-order valence-electron chi connectivity index (χ1n) is 4.71. The van der Waals surface area contributed by atoms with E-state index in [1.807, 2.05) is 0 Å². The first-order chi connectivity index (χ1) is 7.03. The number of hydrogen-bond acceptors (Lipinski definition) is 1. The van der Waals surface area contributed by atoms with Gasteiger partial charge in [-0.1, -0.05) is 22.0 Å². The van der Waals surface area contributed by atoms with Crippen molar-refractivity contribution in [3.63, 3.8) is 0 Å². The van der Waals surface area contributed by atoms with Crippen molar-refractivity contribution in [1.29, 1.82) is 0 Å². The molecule has 1 aliphatic carbocycles. The summed E-state index contributed by atoms with van der Waals surface area (Å²) in [7, 11) is 0. The van der Waals surface area contributed by atoms with Crippen LogP contribution in [0.2, 0.25) is 0 Å². The average molecular weight is 273 g/mol. The van der Waals surface area contributed by atoms with Gasteiger partial charge in [0, 0.05) is 4.47 Å². The van der Waals surface area contributed by atoms with Gasteiger partial charge < -0.3 is 5.11 Å². The lowest BCUT2D eigenvalue weighted by Gasteiger charge is -2.10. The van der Waals surface area contributed by atoms with E-state index in [1.165, 1.54) is 6.07 Å². The van der Waals surface area contributed by atoms with E-state index in [2.05, 4.69) is 15.9 Å². The molecule has 1 fully saturated rings. The van der Waals surface area contributed by atoms with Crippen LogP contribution in [-0.4, -0.2) is 11.1 Å². The summed E-state index contributed by atoms with van der Waals surface area (Å²) in [4.78, 5) is 10.9. The number of rotatable bonds is 3. The molecule has 0 radical (unpaired) electrons. The van der Waals surface area contributed by atoms with Gasteiger partial charge in [-0.2, -0.15) is 0 Å². The maximum absolute atomic E-state index is 13.4. The van der Waals surface area contributed by atoms with Crippen LogP contribution in [0.4, 0.5) is 4.39 Å². The van der Waals surface area contributed by atoms with Gasteiger partial charge >= 0.3 is 5.97 Å². The summed E-state index contributed by atoms with van der Waals surface area (Å²) in [6.45, 7) is 0. The van der Waals surface area contributed by atoms with E-state index in [0.29, 0.717) is 29.3 Å². The Morgan fingerprint density at radius 3 is 2.67 bits per heavy atom. The molecule has 0 atom stereocenters. The zero-order valence-electron chi connectivity index (χ0n) is 7.96. The van der Waals surface area contributed by atoms with Crippen molar-refractivity contribution >= 4 is 21.9 Å². The molecule has 2 nitrogen and oxygen atoms in total. The molecule has 0 spiro atoms. The van der Waals surface area contributed by atoms with Crippen molar-refractivity contribution < 1.29 is 14.3 Å². The van der Waals surface area contributed by atoms with Crippen LogP contribution >= 0.6 is 15.9 Å². The van der Waals surface area contributed by atoms with E-state index in [-0.39, 0.29) is 5.82 Å². The lowest BCUT2D eigenvalue weighted by Crippen LogP contribution is -2.18. The second kappa shape index (κ2) is 3.59. The van der Waals surface area contributed by atoms with E-state index >= 15 is 0 Å². The highest BCUT2D eigenvalue weighted by Gasteiger charge is 2.50. The van der Waals surface area contributed by atoms with Crippen LogP contribution < -0.4 is 0 Å². The van der Waals surface area contributed by atoms with Crippen LogP contribution in [0.15, 0.2) is 22.7 Å². The quantitative estimate of drug-likeness (QED) is 0.919. The van der Waals surface area contributed by atoms with E-state index in [1.54, 1.807) is 12.1 Å². The summed E-state index contributed by atoms with van der Waals surface area (Å²) in [5, 5.41) is 8.98. The third-order valence-corrected chi connectivity index (χ3v) is 3.34. The van der Waals surface area contributed by atoms with Gasteiger partial charge in [0.1, 0.15) is 5.82 Å². The molecule has 1 saturated carbocycles. The number of hydrogen-bond donors (Lipinski definition) is 1. The summed E-state index contributed by atoms with van der Waals surface area (Å²) in [5.41, 5.74) is -0.215. The van der Waals surface area contributed by atoms with Crippen molar-refractivity contribution in [2.75, 3.05) is 0 Å². The van der Waals surface area contributed by atoms with Crippen LogP contribution in [0.5, 0.6) is 0 Å². The Labute approximate surface area is 95.2 Å². The molecule has 0 aliphatic heterocycles. The molecule has 2 rings (SSSR count). The van der Waals surface area contributed by atoms with Crippen LogP contribution in [0, 0.1) is 11.2 Å². The minimum absolute atomic E-state index is 0.293. The minimum atomic E-state index is -0.815. The SMILES string of the molecule is O=C(O)C1(Cc2ccc(Br)cc2F)CC1. The van der Waals surface area contributed by atoms with Gasteiger partial charge in [0.2, 0.25) is 0 Å². The van der Waals surface area contributed by atoms with Crippen molar-refractivity contribution in [3.8, 4) is 0 Å². The Bertz CT molecular complexity index is 413. The third kappa shape index (κ3) is 2.04. The molecule has 1 aromatic rings. The lowest BCUT2D eigenvalue weighted by molar-refractivity contribution is -0.143. The predicted octanol–water partition coefficient (Wildman–Crippen LogP) is 3.00. The van der Waals surface area contributed by atoms with Crippen LogP contribution in [0.1, 0.15) is 18.4 Å². The standard InChI is InChI=1S/C11H10BrFO2/c12-8-2-1-7(9(13)5-8)6-11(3-4-11)10(14)15/h1-2,5H,3-4,6H2,(H,14,15). The van der Waals surface area contributed by atoms with E-state index in [9.17, 15) is 9.18 Å². The van der Waals surface area contributed by atoms with Gasteiger partial charge in [-0.3, -0.25) is 4.79 Å². The highest BCUT2D eigenvalue weighted by Crippen LogP contribution is 2.48. The number of benzene rings is 1. The molecule has 1 N–H and O–H groups in total. The second-order valence-corrected chi connectivity index (χ2v) is 4.91. The van der Waals surface area contributed by atoms with Crippen molar-refractivity contribution in [1.82, 2.24) is 0 Å². The molecule has 80 valence electrons. The molecule has 1 aliphatic rings. The molecule has 1 aromatic carbocycles. The molecule has 0 amide bonds. The van der Waals surface area contributed by atoms with Crippen LogP contribution in [0.3, 0.4) is 0 Å². The highest BCUT2D eigenvalue weighted by molar-refractivity contribution is 9.10. The van der Waals surface area contributed by atoms with Gasteiger partial charge in [0.05, 0.1) is 5.41 Å². The molecule has 0 aromatic heterocycles. The van der Waals surface area contributed by atoms with Crippen LogP contribution in [-0.2, 0) is 11.2 Å². The summed E-state index contributed by atoms with van der Waals surface area (Å²) >= 11 is 3.16. The Hall–Kier alpha value is -0.900. The average Bonchev–Trinajstić information content (AvgIpc) is 2.91. The zero-order valence-corrected chi connectivity index (χ0v) is 9.55. The van der Waals surface area contributed by atoms with Gasteiger partial charge in [-0.05, 0) is 37.0 Å². The fourth-order valence-electron chi connectivity index (χ4n) is 1.65. The smallest absolute Gasteiger partial charge is 0.309 e. The Morgan fingerprint density at radius 1 is 1.53 bits per heavy atom.